The summed E-state index contributed by atoms with van der Waals surface area (Å²) >= 11 is 0. The maximum absolute atomic E-state index is 12.7. The molecule has 0 aromatic heterocycles. The fraction of sp³-hybridized carbons (Fsp3) is 0.316. The minimum Gasteiger partial charge on any atom is -0.476 e. The zero-order valence-corrected chi connectivity index (χ0v) is 15.8. The van der Waals surface area contributed by atoms with E-state index in [1.165, 1.54) is 4.31 Å². The highest BCUT2D eigenvalue weighted by Gasteiger charge is 2.36. The molecule has 138 valence electrons. The van der Waals surface area contributed by atoms with Crippen molar-refractivity contribution < 1.29 is 17.9 Å². The molecular weight excluding hydrogens is 352 g/mol. The molecule has 1 amide bonds. The first-order valence-electron chi connectivity index (χ1n) is 8.46. The molecule has 1 unspecified atom stereocenters. The molecule has 3 rings (SSSR count). The lowest BCUT2D eigenvalue weighted by atomic mass is 10.1. The molecular formula is C19H22N2O4S. The van der Waals surface area contributed by atoms with Crippen LogP contribution in [0.5, 0.6) is 5.75 Å². The van der Waals surface area contributed by atoms with Gasteiger partial charge in [-0.05, 0) is 50.1 Å². The Balaban J connectivity index is 1.90. The Kier molecular flexibility index (Phi) is 4.91. The van der Waals surface area contributed by atoms with Crippen LogP contribution >= 0.6 is 0 Å². The van der Waals surface area contributed by atoms with Crippen molar-refractivity contribution in [1.82, 2.24) is 0 Å². The van der Waals surface area contributed by atoms with E-state index in [4.69, 9.17) is 4.74 Å². The van der Waals surface area contributed by atoms with Crippen LogP contribution < -0.4 is 14.4 Å². The van der Waals surface area contributed by atoms with Crippen LogP contribution in [0.3, 0.4) is 0 Å². The SMILES string of the molecule is CCS(=O)(=O)N1CC(C(=O)Nc2cccc(C)c2C)Oc2ccccc21. The van der Waals surface area contributed by atoms with Gasteiger partial charge in [-0.2, -0.15) is 0 Å². The Hall–Kier alpha value is -2.54. The summed E-state index contributed by atoms with van der Waals surface area (Å²) in [5.41, 5.74) is 3.19. The number of fused-ring (bicyclic) bond motifs is 1. The predicted octanol–water partition coefficient (Wildman–Crippen LogP) is 2.86. The van der Waals surface area contributed by atoms with Crippen molar-refractivity contribution in [2.75, 3.05) is 21.9 Å². The number of amides is 1. The summed E-state index contributed by atoms with van der Waals surface area (Å²) in [6, 6.07) is 12.5. The van der Waals surface area contributed by atoms with E-state index in [9.17, 15) is 13.2 Å². The summed E-state index contributed by atoms with van der Waals surface area (Å²) in [5, 5.41) is 2.86. The molecule has 1 heterocycles. The Morgan fingerprint density at radius 3 is 2.65 bits per heavy atom. The van der Waals surface area contributed by atoms with Gasteiger partial charge in [-0.3, -0.25) is 9.10 Å². The van der Waals surface area contributed by atoms with E-state index in [1.54, 1.807) is 31.2 Å². The summed E-state index contributed by atoms with van der Waals surface area (Å²) in [4.78, 5) is 12.7. The van der Waals surface area contributed by atoms with Gasteiger partial charge >= 0.3 is 0 Å². The van der Waals surface area contributed by atoms with Crippen LogP contribution in [0.1, 0.15) is 18.1 Å². The van der Waals surface area contributed by atoms with Crippen molar-refractivity contribution in [1.29, 1.82) is 0 Å². The highest BCUT2D eigenvalue weighted by Crippen LogP contribution is 2.35. The number of sulfonamides is 1. The number of carbonyl (C=O) groups is 1. The van der Waals surface area contributed by atoms with E-state index in [0.29, 0.717) is 17.1 Å². The van der Waals surface area contributed by atoms with Gasteiger partial charge in [0.15, 0.2) is 6.10 Å². The van der Waals surface area contributed by atoms with Crippen molar-refractivity contribution in [3.63, 3.8) is 0 Å². The Bertz CT molecular complexity index is 940. The lowest BCUT2D eigenvalue weighted by Crippen LogP contribution is -2.49. The number of ether oxygens (including phenoxy) is 1. The molecule has 1 atom stereocenters. The first kappa shape index (κ1) is 18.3. The lowest BCUT2D eigenvalue weighted by Gasteiger charge is -2.34. The van der Waals surface area contributed by atoms with Crippen LogP contribution in [0.2, 0.25) is 0 Å². The normalized spacial score (nSPS) is 16.6. The number of nitrogens with zero attached hydrogens (tertiary/aromatic N) is 1. The van der Waals surface area contributed by atoms with Gasteiger partial charge in [-0.25, -0.2) is 8.42 Å². The molecule has 2 aromatic carbocycles. The topological polar surface area (TPSA) is 75.7 Å². The number of hydrogen-bond acceptors (Lipinski definition) is 4. The number of nitrogens with one attached hydrogen (secondary N) is 1. The van der Waals surface area contributed by atoms with Crippen LogP contribution in [-0.4, -0.2) is 32.7 Å². The van der Waals surface area contributed by atoms with E-state index in [1.807, 2.05) is 32.0 Å². The predicted molar refractivity (Wildman–Crippen MR) is 102 cm³/mol. The zero-order chi connectivity index (χ0) is 18.9. The van der Waals surface area contributed by atoms with Gasteiger partial charge in [0.1, 0.15) is 5.75 Å². The lowest BCUT2D eigenvalue weighted by molar-refractivity contribution is -0.122. The standard InChI is InChI=1S/C19H22N2O4S/c1-4-26(23,24)21-12-18(25-17-11-6-5-10-16(17)21)19(22)20-15-9-7-8-13(2)14(15)3/h5-11,18H,4,12H2,1-3H3,(H,20,22). The number of aryl methyl sites for hydroxylation is 1. The van der Waals surface area contributed by atoms with Crippen LogP contribution in [0.4, 0.5) is 11.4 Å². The Labute approximate surface area is 153 Å². The van der Waals surface area contributed by atoms with Gasteiger partial charge in [-0.1, -0.05) is 24.3 Å². The van der Waals surface area contributed by atoms with E-state index in [-0.39, 0.29) is 18.2 Å². The number of hydrogen-bond donors (Lipinski definition) is 1. The molecule has 0 saturated heterocycles. The van der Waals surface area contributed by atoms with Gasteiger partial charge in [0.05, 0.1) is 18.0 Å². The highest BCUT2D eigenvalue weighted by molar-refractivity contribution is 7.92. The van der Waals surface area contributed by atoms with Gasteiger partial charge in [0.25, 0.3) is 5.91 Å². The van der Waals surface area contributed by atoms with Crippen molar-refractivity contribution in [2.24, 2.45) is 0 Å². The summed E-state index contributed by atoms with van der Waals surface area (Å²) in [6.07, 6.45) is -0.925. The van der Waals surface area contributed by atoms with E-state index >= 15 is 0 Å². The van der Waals surface area contributed by atoms with E-state index in [2.05, 4.69) is 5.32 Å². The molecule has 1 aliphatic rings. The summed E-state index contributed by atoms with van der Waals surface area (Å²) in [5.74, 6) is -0.0338. The molecule has 0 spiro atoms. The van der Waals surface area contributed by atoms with Crippen LogP contribution in [0.25, 0.3) is 0 Å². The monoisotopic (exact) mass is 374 g/mol. The van der Waals surface area contributed by atoms with Gasteiger partial charge in [0.2, 0.25) is 10.0 Å². The Morgan fingerprint density at radius 2 is 1.92 bits per heavy atom. The third-order valence-electron chi connectivity index (χ3n) is 4.59. The van der Waals surface area contributed by atoms with Crippen molar-refractivity contribution in [2.45, 2.75) is 26.9 Å². The first-order valence-corrected chi connectivity index (χ1v) is 10.1. The fourth-order valence-electron chi connectivity index (χ4n) is 2.86. The van der Waals surface area contributed by atoms with Crippen molar-refractivity contribution in [3.8, 4) is 5.75 Å². The maximum Gasteiger partial charge on any atom is 0.267 e. The maximum atomic E-state index is 12.7. The Morgan fingerprint density at radius 1 is 1.19 bits per heavy atom. The molecule has 6 nitrogen and oxygen atoms in total. The third-order valence-corrected chi connectivity index (χ3v) is 6.34. The molecule has 26 heavy (non-hydrogen) atoms. The zero-order valence-electron chi connectivity index (χ0n) is 15.0. The molecule has 1 N–H and O–H groups in total. The van der Waals surface area contributed by atoms with Crippen molar-refractivity contribution >= 4 is 27.3 Å². The largest absolute Gasteiger partial charge is 0.476 e. The molecule has 1 aliphatic heterocycles. The smallest absolute Gasteiger partial charge is 0.267 e. The number of carbonyl (C=O) groups excluding carboxylic acids is 1. The molecule has 0 radical (unpaired) electrons. The average Bonchev–Trinajstić information content (AvgIpc) is 2.64. The highest BCUT2D eigenvalue weighted by atomic mass is 32.2. The third kappa shape index (κ3) is 3.39. The second kappa shape index (κ2) is 6.99. The van der Waals surface area contributed by atoms with E-state index < -0.39 is 16.1 Å². The molecule has 0 fully saturated rings. The van der Waals surface area contributed by atoms with Crippen molar-refractivity contribution in [3.05, 3.63) is 53.6 Å². The van der Waals surface area contributed by atoms with Crippen LogP contribution in [-0.2, 0) is 14.8 Å². The fourth-order valence-corrected chi connectivity index (χ4v) is 3.98. The van der Waals surface area contributed by atoms with Crippen LogP contribution in [0.15, 0.2) is 42.5 Å². The van der Waals surface area contributed by atoms with E-state index in [0.717, 1.165) is 11.1 Å². The summed E-state index contributed by atoms with van der Waals surface area (Å²) < 4.78 is 32.0. The molecule has 2 aromatic rings. The number of anilines is 2. The number of benzene rings is 2. The quantitative estimate of drug-likeness (QED) is 0.893. The molecule has 0 bridgehead atoms. The molecule has 7 heteroatoms. The van der Waals surface area contributed by atoms with Gasteiger partial charge in [0, 0.05) is 5.69 Å². The summed E-state index contributed by atoms with van der Waals surface area (Å²) in [6.45, 7) is 5.42. The van der Waals surface area contributed by atoms with Gasteiger partial charge < -0.3 is 10.1 Å². The van der Waals surface area contributed by atoms with Crippen LogP contribution in [0, 0.1) is 13.8 Å². The average molecular weight is 374 g/mol. The second-order valence-corrected chi connectivity index (χ2v) is 8.42. The number of rotatable bonds is 4. The first-order chi connectivity index (χ1) is 12.3. The summed E-state index contributed by atoms with van der Waals surface area (Å²) in [7, 11) is -3.52. The minimum atomic E-state index is -3.52. The number of para-hydroxylation sites is 2. The molecule has 0 saturated carbocycles. The molecule has 0 aliphatic carbocycles. The van der Waals surface area contributed by atoms with Gasteiger partial charge in [-0.15, -0.1) is 0 Å². The second-order valence-electron chi connectivity index (χ2n) is 6.24. The minimum absolute atomic E-state index is 0.0489.